The van der Waals surface area contributed by atoms with Crippen LogP contribution in [-0.4, -0.2) is 45.9 Å². The summed E-state index contributed by atoms with van der Waals surface area (Å²) in [6.07, 6.45) is 1.58. The van der Waals surface area contributed by atoms with Crippen LogP contribution >= 0.6 is 23.2 Å². The van der Waals surface area contributed by atoms with Crippen molar-refractivity contribution >= 4 is 40.3 Å². The molecule has 6 nitrogen and oxygen atoms in total. The third kappa shape index (κ3) is 4.87. The van der Waals surface area contributed by atoms with Crippen molar-refractivity contribution in [2.75, 3.05) is 25.7 Å². The van der Waals surface area contributed by atoms with Crippen LogP contribution in [0.25, 0.3) is 16.9 Å². The van der Waals surface area contributed by atoms with Gasteiger partial charge in [0.15, 0.2) is 11.4 Å². The van der Waals surface area contributed by atoms with Crippen molar-refractivity contribution in [1.82, 2.24) is 15.1 Å². The molecule has 0 saturated carbocycles. The van der Waals surface area contributed by atoms with Crippen LogP contribution in [0.2, 0.25) is 10.0 Å². The first-order valence-corrected chi connectivity index (χ1v) is 11.2. The van der Waals surface area contributed by atoms with E-state index in [0.29, 0.717) is 32.9 Å². The molecular weight excluding hydrogens is 433 g/mol. The Kier molecular flexibility index (Phi) is 7.08. The van der Waals surface area contributed by atoms with Gasteiger partial charge < -0.3 is 14.6 Å². The zero-order valence-corrected chi connectivity index (χ0v) is 18.1. The molecule has 0 saturated heterocycles. The van der Waals surface area contributed by atoms with Gasteiger partial charge in [0.25, 0.3) is 5.91 Å². The molecule has 0 bridgehead atoms. The Labute approximate surface area is 182 Å². The highest BCUT2D eigenvalue weighted by molar-refractivity contribution is 7.90. The zero-order valence-electron chi connectivity index (χ0n) is 15.8. The van der Waals surface area contributed by atoms with Crippen molar-refractivity contribution in [3.8, 4) is 22.7 Å². The number of amides is 1. The van der Waals surface area contributed by atoms with Gasteiger partial charge in [-0.3, -0.25) is 4.79 Å². The number of nitrogens with zero attached hydrogens (tertiary/aromatic N) is 2. The monoisotopic (exact) mass is 451 g/mol. The molecule has 3 rings (SSSR count). The molecule has 0 aliphatic heterocycles. The molecule has 1 atom stereocenters. The SMILES string of the molecule is COc1c(C(=O)NCC[S+](C)[O-])nn(-c2ccccc2Cl)c1-c1ccc(Cl)cc1. The quantitative estimate of drug-likeness (QED) is 0.551. The molecule has 29 heavy (non-hydrogen) atoms. The standard InChI is InChI=1S/C20H19Cl2N3O3S/c1-28-19-17(20(26)23-11-12-29(2)27)24-25(16-6-4-3-5-15(16)22)18(19)13-7-9-14(21)10-8-13/h3-10H,11-12H2,1-2H3,(H,23,26). The molecule has 1 amide bonds. The molecule has 1 aromatic heterocycles. The number of rotatable bonds is 7. The fraction of sp³-hybridized carbons (Fsp3) is 0.200. The van der Waals surface area contributed by atoms with Gasteiger partial charge in [0.05, 0.1) is 30.6 Å². The van der Waals surface area contributed by atoms with Gasteiger partial charge in [-0.15, -0.1) is 0 Å². The van der Waals surface area contributed by atoms with E-state index in [1.54, 1.807) is 35.2 Å². The summed E-state index contributed by atoms with van der Waals surface area (Å²) >= 11 is 11.4. The van der Waals surface area contributed by atoms with Gasteiger partial charge in [0.1, 0.15) is 11.4 Å². The Bertz CT molecular complexity index is 1010. The highest BCUT2D eigenvalue weighted by atomic mass is 35.5. The minimum absolute atomic E-state index is 0.110. The maximum atomic E-state index is 12.8. The van der Waals surface area contributed by atoms with Crippen LogP contribution in [0.5, 0.6) is 5.75 Å². The Morgan fingerprint density at radius 3 is 2.52 bits per heavy atom. The second kappa shape index (κ2) is 9.54. The fourth-order valence-electron chi connectivity index (χ4n) is 2.80. The van der Waals surface area contributed by atoms with Crippen LogP contribution in [0, 0.1) is 0 Å². The maximum absolute atomic E-state index is 12.8. The summed E-state index contributed by atoms with van der Waals surface area (Å²) in [6, 6.07) is 14.3. The third-order valence-corrected chi connectivity index (χ3v) is 5.49. The topological polar surface area (TPSA) is 79.2 Å². The van der Waals surface area contributed by atoms with E-state index in [4.69, 9.17) is 27.9 Å². The van der Waals surface area contributed by atoms with E-state index in [1.165, 1.54) is 7.11 Å². The van der Waals surface area contributed by atoms with Crippen LogP contribution < -0.4 is 10.1 Å². The molecule has 1 heterocycles. The first kappa shape index (κ1) is 21.5. The molecule has 1 N–H and O–H groups in total. The van der Waals surface area contributed by atoms with Crippen LogP contribution in [0.1, 0.15) is 10.5 Å². The van der Waals surface area contributed by atoms with Gasteiger partial charge in [-0.2, -0.15) is 5.10 Å². The molecule has 0 radical (unpaired) electrons. The van der Waals surface area contributed by atoms with E-state index < -0.39 is 17.1 Å². The van der Waals surface area contributed by atoms with Crippen LogP contribution in [0.4, 0.5) is 0 Å². The van der Waals surface area contributed by atoms with Crippen molar-refractivity contribution in [3.05, 3.63) is 64.3 Å². The average Bonchev–Trinajstić information content (AvgIpc) is 3.08. The van der Waals surface area contributed by atoms with Gasteiger partial charge >= 0.3 is 0 Å². The smallest absolute Gasteiger partial charge is 0.275 e. The first-order valence-electron chi connectivity index (χ1n) is 8.68. The number of carbonyl (C=O) groups is 1. The molecule has 2 aromatic carbocycles. The molecule has 0 spiro atoms. The minimum Gasteiger partial charge on any atom is -0.617 e. The summed E-state index contributed by atoms with van der Waals surface area (Å²) < 4.78 is 18.4. The lowest BCUT2D eigenvalue weighted by molar-refractivity contribution is 0.0947. The Morgan fingerprint density at radius 1 is 1.21 bits per heavy atom. The summed E-state index contributed by atoms with van der Waals surface area (Å²) in [6.45, 7) is 0.264. The molecule has 0 fully saturated rings. The van der Waals surface area contributed by atoms with Crippen molar-refractivity contribution in [2.45, 2.75) is 0 Å². The van der Waals surface area contributed by atoms with Crippen molar-refractivity contribution in [2.24, 2.45) is 0 Å². The highest BCUT2D eigenvalue weighted by Gasteiger charge is 2.26. The summed E-state index contributed by atoms with van der Waals surface area (Å²) in [7, 11) is 1.48. The number of aromatic nitrogens is 2. The second-order valence-corrected chi connectivity index (χ2v) is 8.53. The number of methoxy groups -OCH3 is 1. The Hall–Kier alpha value is -2.19. The van der Waals surface area contributed by atoms with Crippen molar-refractivity contribution in [3.63, 3.8) is 0 Å². The van der Waals surface area contributed by atoms with Gasteiger partial charge in [-0.25, -0.2) is 4.68 Å². The highest BCUT2D eigenvalue weighted by Crippen LogP contribution is 2.37. The first-order chi connectivity index (χ1) is 13.9. The number of carbonyl (C=O) groups excluding carboxylic acids is 1. The Morgan fingerprint density at radius 2 is 1.90 bits per heavy atom. The summed E-state index contributed by atoms with van der Waals surface area (Å²) in [4.78, 5) is 12.8. The van der Waals surface area contributed by atoms with E-state index >= 15 is 0 Å². The Balaban J connectivity index is 2.13. The van der Waals surface area contributed by atoms with E-state index in [-0.39, 0.29) is 12.2 Å². The normalized spacial score (nSPS) is 11.9. The van der Waals surface area contributed by atoms with E-state index in [0.717, 1.165) is 5.56 Å². The zero-order chi connectivity index (χ0) is 21.0. The van der Waals surface area contributed by atoms with Crippen molar-refractivity contribution in [1.29, 1.82) is 0 Å². The molecule has 152 valence electrons. The molecule has 9 heteroatoms. The molecular formula is C20H19Cl2N3O3S. The number of benzene rings is 2. The van der Waals surface area contributed by atoms with Gasteiger partial charge in [0.2, 0.25) is 0 Å². The maximum Gasteiger partial charge on any atom is 0.275 e. The number of ether oxygens (including phenoxy) is 1. The fourth-order valence-corrected chi connectivity index (χ4v) is 3.53. The summed E-state index contributed by atoms with van der Waals surface area (Å²) in [5.41, 5.74) is 2.04. The van der Waals surface area contributed by atoms with Crippen LogP contribution in [-0.2, 0) is 11.2 Å². The summed E-state index contributed by atoms with van der Waals surface area (Å²) in [5.74, 6) is 0.235. The third-order valence-electron chi connectivity index (χ3n) is 4.13. The number of hydrogen-bond donors (Lipinski definition) is 1. The lowest BCUT2D eigenvalue weighted by Crippen LogP contribution is -2.29. The lowest BCUT2D eigenvalue weighted by Gasteiger charge is -2.10. The molecule has 1 unspecified atom stereocenters. The predicted octanol–water partition coefficient (Wildman–Crippen LogP) is 3.96. The van der Waals surface area contributed by atoms with E-state index in [1.807, 2.05) is 24.3 Å². The van der Waals surface area contributed by atoms with Gasteiger partial charge in [0, 0.05) is 10.6 Å². The molecule has 3 aromatic rings. The predicted molar refractivity (Wildman–Crippen MR) is 117 cm³/mol. The average molecular weight is 452 g/mol. The minimum atomic E-state index is -1.01. The largest absolute Gasteiger partial charge is 0.617 e. The number of para-hydroxylation sites is 1. The number of halogens is 2. The number of nitrogens with one attached hydrogen (secondary N) is 1. The van der Waals surface area contributed by atoms with Gasteiger partial charge in [-0.05, 0) is 24.3 Å². The molecule has 0 aliphatic carbocycles. The second-order valence-electron chi connectivity index (χ2n) is 6.13. The van der Waals surface area contributed by atoms with Crippen LogP contribution in [0.3, 0.4) is 0 Å². The van der Waals surface area contributed by atoms with Gasteiger partial charge in [-0.1, -0.05) is 58.6 Å². The van der Waals surface area contributed by atoms with E-state index in [2.05, 4.69) is 10.4 Å². The lowest BCUT2D eigenvalue weighted by atomic mass is 10.1. The van der Waals surface area contributed by atoms with Crippen molar-refractivity contribution < 1.29 is 14.1 Å². The van der Waals surface area contributed by atoms with E-state index in [9.17, 15) is 9.35 Å². The molecule has 0 aliphatic rings. The number of hydrogen-bond acceptors (Lipinski definition) is 4. The summed E-state index contributed by atoms with van der Waals surface area (Å²) in [5, 5.41) is 8.28. The van der Waals surface area contributed by atoms with Crippen LogP contribution in [0.15, 0.2) is 48.5 Å².